The third-order valence-electron chi connectivity index (χ3n) is 4.70. The molecular formula is C21H20N4O5. The second kappa shape index (κ2) is 8.56. The van der Waals surface area contributed by atoms with Gasteiger partial charge in [-0.25, -0.2) is 4.79 Å². The number of rotatable bonds is 6. The zero-order chi connectivity index (χ0) is 21.8. The fraction of sp³-hybridized carbons (Fsp3) is 0.190. The van der Waals surface area contributed by atoms with Gasteiger partial charge in [0, 0.05) is 17.7 Å². The van der Waals surface area contributed by atoms with Gasteiger partial charge in [0.1, 0.15) is 0 Å². The maximum absolute atomic E-state index is 12.6. The maximum atomic E-state index is 12.6. The Kier molecular flexibility index (Phi) is 5.91. The number of anilines is 1. The van der Waals surface area contributed by atoms with Crippen LogP contribution in [0.5, 0.6) is 0 Å². The summed E-state index contributed by atoms with van der Waals surface area (Å²) in [4.78, 5) is 34.8. The van der Waals surface area contributed by atoms with Crippen molar-refractivity contribution in [3.63, 3.8) is 0 Å². The van der Waals surface area contributed by atoms with Crippen molar-refractivity contribution >= 4 is 23.3 Å². The van der Waals surface area contributed by atoms with Gasteiger partial charge in [-0.2, -0.15) is 5.10 Å². The standard InChI is InChI=1S/C21H20N4O5/c1-13-19(22-20(26)15-8-10-17(11-9-15)25(28)29)14(2)24(23-13)12-16-6-4-5-7-18(16)21(27)30-3/h4-11H,12H2,1-3H3,(H,22,26). The molecule has 0 saturated heterocycles. The number of hydrogen-bond donors (Lipinski definition) is 1. The number of methoxy groups -OCH3 is 1. The quantitative estimate of drug-likeness (QED) is 0.379. The van der Waals surface area contributed by atoms with Crippen molar-refractivity contribution in [1.29, 1.82) is 0 Å². The molecule has 0 saturated carbocycles. The normalized spacial score (nSPS) is 10.5. The lowest BCUT2D eigenvalue weighted by atomic mass is 10.1. The highest BCUT2D eigenvalue weighted by Crippen LogP contribution is 2.23. The van der Waals surface area contributed by atoms with Crippen molar-refractivity contribution in [3.8, 4) is 0 Å². The number of aryl methyl sites for hydroxylation is 1. The van der Waals surface area contributed by atoms with Crippen LogP contribution in [0, 0.1) is 24.0 Å². The zero-order valence-electron chi connectivity index (χ0n) is 16.7. The van der Waals surface area contributed by atoms with E-state index >= 15 is 0 Å². The van der Waals surface area contributed by atoms with Gasteiger partial charge in [-0.3, -0.25) is 19.6 Å². The van der Waals surface area contributed by atoms with Crippen LogP contribution >= 0.6 is 0 Å². The molecule has 0 fully saturated rings. The number of non-ortho nitro benzene ring substituents is 1. The second-order valence-electron chi connectivity index (χ2n) is 6.61. The molecule has 1 heterocycles. The Morgan fingerprint density at radius 2 is 1.80 bits per heavy atom. The Bertz CT molecular complexity index is 1120. The number of amides is 1. The Morgan fingerprint density at radius 1 is 1.13 bits per heavy atom. The highest BCUT2D eigenvalue weighted by atomic mass is 16.6. The van der Waals surface area contributed by atoms with Crippen LogP contribution in [0.4, 0.5) is 11.4 Å². The van der Waals surface area contributed by atoms with E-state index in [9.17, 15) is 19.7 Å². The van der Waals surface area contributed by atoms with Crippen molar-refractivity contribution in [2.75, 3.05) is 12.4 Å². The van der Waals surface area contributed by atoms with E-state index in [2.05, 4.69) is 10.4 Å². The summed E-state index contributed by atoms with van der Waals surface area (Å²) >= 11 is 0. The first-order valence-corrected chi connectivity index (χ1v) is 9.08. The van der Waals surface area contributed by atoms with Crippen LogP contribution in [0.1, 0.15) is 37.7 Å². The first-order chi connectivity index (χ1) is 14.3. The van der Waals surface area contributed by atoms with E-state index in [0.29, 0.717) is 34.7 Å². The summed E-state index contributed by atoms with van der Waals surface area (Å²) in [5, 5.41) is 18.1. The molecule has 154 valence electrons. The molecule has 0 bridgehead atoms. The highest BCUT2D eigenvalue weighted by Gasteiger charge is 2.18. The van der Waals surface area contributed by atoms with Crippen LogP contribution in [-0.4, -0.2) is 33.7 Å². The summed E-state index contributed by atoms with van der Waals surface area (Å²) in [6.45, 7) is 3.90. The Hall–Kier alpha value is -4.01. The van der Waals surface area contributed by atoms with Crippen molar-refractivity contribution in [3.05, 3.63) is 86.7 Å². The van der Waals surface area contributed by atoms with Gasteiger partial charge in [0.25, 0.3) is 11.6 Å². The largest absolute Gasteiger partial charge is 0.465 e. The van der Waals surface area contributed by atoms with Gasteiger partial charge in [-0.05, 0) is 37.6 Å². The summed E-state index contributed by atoms with van der Waals surface area (Å²) in [6.07, 6.45) is 0. The number of nitrogens with zero attached hydrogens (tertiary/aromatic N) is 3. The number of nitrogens with one attached hydrogen (secondary N) is 1. The molecule has 0 unspecified atom stereocenters. The monoisotopic (exact) mass is 408 g/mol. The first kappa shape index (κ1) is 20.7. The van der Waals surface area contributed by atoms with Gasteiger partial charge in [0.2, 0.25) is 0 Å². The zero-order valence-corrected chi connectivity index (χ0v) is 16.7. The summed E-state index contributed by atoms with van der Waals surface area (Å²) in [5.74, 6) is -0.829. The van der Waals surface area contributed by atoms with Crippen LogP contribution in [0.25, 0.3) is 0 Å². The number of ether oxygens (including phenoxy) is 1. The number of hydrogen-bond acceptors (Lipinski definition) is 6. The van der Waals surface area contributed by atoms with Gasteiger partial charge in [0.15, 0.2) is 0 Å². The molecule has 0 aliphatic heterocycles. The lowest BCUT2D eigenvalue weighted by Gasteiger charge is -2.10. The number of carbonyl (C=O) groups excluding carboxylic acids is 2. The maximum Gasteiger partial charge on any atom is 0.338 e. The van der Waals surface area contributed by atoms with E-state index in [-0.39, 0.29) is 5.69 Å². The summed E-state index contributed by atoms with van der Waals surface area (Å²) in [5.41, 5.74) is 3.26. The van der Waals surface area contributed by atoms with Crippen molar-refractivity contribution in [2.45, 2.75) is 20.4 Å². The Balaban J connectivity index is 1.83. The average molecular weight is 408 g/mol. The highest BCUT2D eigenvalue weighted by molar-refractivity contribution is 6.05. The van der Waals surface area contributed by atoms with E-state index in [0.717, 1.165) is 5.56 Å². The molecular weight excluding hydrogens is 388 g/mol. The molecule has 3 aromatic rings. The third-order valence-corrected chi connectivity index (χ3v) is 4.70. The third kappa shape index (κ3) is 4.19. The van der Waals surface area contributed by atoms with Gasteiger partial charge < -0.3 is 10.1 Å². The minimum atomic E-state index is -0.522. The van der Waals surface area contributed by atoms with Gasteiger partial charge in [0.05, 0.1) is 41.2 Å². The molecule has 1 aromatic heterocycles. The number of aromatic nitrogens is 2. The Morgan fingerprint density at radius 3 is 2.43 bits per heavy atom. The van der Waals surface area contributed by atoms with Crippen LogP contribution in [0.15, 0.2) is 48.5 Å². The lowest BCUT2D eigenvalue weighted by Crippen LogP contribution is -2.14. The minimum Gasteiger partial charge on any atom is -0.465 e. The molecule has 3 rings (SSSR count). The molecule has 1 amide bonds. The molecule has 0 aliphatic rings. The minimum absolute atomic E-state index is 0.0870. The summed E-state index contributed by atoms with van der Waals surface area (Å²) in [6, 6.07) is 12.4. The van der Waals surface area contributed by atoms with E-state index in [1.54, 1.807) is 23.7 Å². The van der Waals surface area contributed by atoms with E-state index in [4.69, 9.17) is 4.74 Å². The second-order valence-corrected chi connectivity index (χ2v) is 6.61. The van der Waals surface area contributed by atoms with Crippen LogP contribution in [0.3, 0.4) is 0 Å². The summed E-state index contributed by atoms with van der Waals surface area (Å²) in [7, 11) is 1.33. The predicted molar refractivity (Wildman–Crippen MR) is 110 cm³/mol. The topological polar surface area (TPSA) is 116 Å². The fourth-order valence-corrected chi connectivity index (χ4v) is 3.08. The molecule has 30 heavy (non-hydrogen) atoms. The lowest BCUT2D eigenvalue weighted by molar-refractivity contribution is -0.384. The number of nitro groups is 1. The molecule has 1 N–H and O–H groups in total. The predicted octanol–water partition coefficient (Wildman–Crippen LogP) is 3.50. The first-order valence-electron chi connectivity index (χ1n) is 9.08. The van der Waals surface area contributed by atoms with E-state index in [1.807, 2.05) is 19.1 Å². The van der Waals surface area contributed by atoms with Gasteiger partial charge in [-0.15, -0.1) is 0 Å². The fourth-order valence-electron chi connectivity index (χ4n) is 3.08. The van der Waals surface area contributed by atoms with Gasteiger partial charge in [-0.1, -0.05) is 18.2 Å². The van der Waals surface area contributed by atoms with E-state index < -0.39 is 16.8 Å². The van der Waals surface area contributed by atoms with Crippen LogP contribution in [0.2, 0.25) is 0 Å². The molecule has 0 atom stereocenters. The van der Waals surface area contributed by atoms with Crippen molar-refractivity contribution in [2.24, 2.45) is 0 Å². The molecule has 0 aliphatic carbocycles. The molecule has 9 nitrogen and oxygen atoms in total. The molecule has 9 heteroatoms. The number of esters is 1. The SMILES string of the molecule is COC(=O)c1ccccc1Cn1nc(C)c(NC(=O)c2ccc([N+](=O)[O-])cc2)c1C. The average Bonchev–Trinajstić information content (AvgIpc) is 3.01. The number of benzene rings is 2. The van der Waals surface area contributed by atoms with Crippen molar-refractivity contribution < 1.29 is 19.2 Å². The molecule has 0 radical (unpaired) electrons. The summed E-state index contributed by atoms with van der Waals surface area (Å²) < 4.78 is 6.53. The van der Waals surface area contributed by atoms with Crippen LogP contribution < -0.4 is 5.32 Å². The van der Waals surface area contributed by atoms with Crippen molar-refractivity contribution in [1.82, 2.24) is 9.78 Å². The molecule has 2 aromatic carbocycles. The van der Waals surface area contributed by atoms with E-state index in [1.165, 1.54) is 31.4 Å². The number of nitro benzene ring substituents is 1. The molecule has 0 spiro atoms. The van der Waals surface area contributed by atoms with Crippen LogP contribution in [-0.2, 0) is 11.3 Å². The Labute approximate surface area is 172 Å². The van der Waals surface area contributed by atoms with Gasteiger partial charge >= 0.3 is 5.97 Å². The number of carbonyl (C=O) groups is 2. The smallest absolute Gasteiger partial charge is 0.338 e.